The Balaban J connectivity index is 2.09. The van der Waals surface area contributed by atoms with Crippen LogP contribution in [0.1, 0.15) is 51.9 Å². The molecule has 1 saturated heterocycles. The van der Waals surface area contributed by atoms with Gasteiger partial charge >= 0.3 is 0 Å². The number of hydrogen-bond donors (Lipinski definition) is 0. The highest BCUT2D eigenvalue weighted by Crippen LogP contribution is 2.42. The van der Waals surface area contributed by atoms with Gasteiger partial charge in [-0.05, 0) is 39.7 Å². The molecule has 1 atom stereocenters. The molecule has 70 valence electrons. The maximum Gasteiger partial charge on any atom is 0.0210 e. The Morgan fingerprint density at radius 2 is 1.75 bits per heavy atom. The maximum atomic E-state index is 2.66. The van der Waals surface area contributed by atoms with Crippen LogP contribution in [0, 0.1) is 0 Å². The second kappa shape index (κ2) is 3.02. The summed E-state index contributed by atoms with van der Waals surface area (Å²) in [6.07, 6.45) is 10.2. The Labute approximate surface area is 76.1 Å². The molecule has 0 N–H and O–H groups in total. The summed E-state index contributed by atoms with van der Waals surface area (Å²) in [6, 6.07) is 0.836. The molecule has 12 heavy (non-hydrogen) atoms. The van der Waals surface area contributed by atoms with Crippen molar-refractivity contribution in [2.75, 3.05) is 7.05 Å². The van der Waals surface area contributed by atoms with E-state index in [9.17, 15) is 0 Å². The molecule has 0 aromatic rings. The summed E-state index contributed by atoms with van der Waals surface area (Å²) in [6.45, 7) is 2.38. The van der Waals surface area contributed by atoms with Crippen molar-refractivity contribution in [3.05, 3.63) is 0 Å². The van der Waals surface area contributed by atoms with Crippen LogP contribution in [-0.2, 0) is 0 Å². The summed E-state index contributed by atoms with van der Waals surface area (Å²) in [5.74, 6) is 0. The van der Waals surface area contributed by atoms with Crippen LogP contribution in [0.3, 0.4) is 0 Å². The van der Waals surface area contributed by atoms with E-state index in [1.165, 1.54) is 44.9 Å². The van der Waals surface area contributed by atoms with Gasteiger partial charge in [0.15, 0.2) is 0 Å². The summed E-state index contributed by atoms with van der Waals surface area (Å²) in [4.78, 5) is 2.66. The van der Waals surface area contributed by atoms with Crippen LogP contribution in [-0.4, -0.2) is 23.5 Å². The molecule has 1 nitrogen and oxygen atoms in total. The third kappa shape index (κ3) is 1.19. The average Bonchev–Trinajstić information content (AvgIpc) is 2.37. The highest BCUT2D eigenvalue weighted by molar-refractivity contribution is 4.98. The van der Waals surface area contributed by atoms with Crippen molar-refractivity contribution in [2.24, 2.45) is 0 Å². The van der Waals surface area contributed by atoms with E-state index < -0.39 is 0 Å². The fourth-order valence-corrected chi connectivity index (χ4v) is 3.13. The van der Waals surface area contributed by atoms with Crippen LogP contribution < -0.4 is 0 Å². The Morgan fingerprint density at radius 1 is 1.08 bits per heavy atom. The fourth-order valence-electron chi connectivity index (χ4n) is 3.13. The third-order valence-electron chi connectivity index (χ3n) is 4.22. The third-order valence-corrected chi connectivity index (χ3v) is 4.22. The van der Waals surface area contributed by atoms with Crippen molar-refractivity contribution < 1.29 is 0 Å². The molecule has 0 bridgehead atoms. The van der Waals surface area contributed by atoms with Crippen molar-refractivity contribution in [3.8, 4) is 0 Å². The molecular weight excluding hydrogens is 146 g/mol. The molecule has 1 heteroatoms. The van der Waals surface area contributed by atoms with Crippen molar-refractivity contribution >= 4 is 0 Å². The lowest BCUT2D eigenvalue weighted by Gasteiger charge is -2.41. The van der Waals surface area contributed by atoms with E-state index in [-0.39, 0.29) is 0 Å². The normalized spacial score (nSPS) is 36.0. The second-order valence-electron chi connectivity index (χ2n) is 4.78. The Bertz CT molecular complexity index is 153. The molecule has 1 unspecified atom stereocenters. The molecule has 2 aliphatic rings. The quantitative estimate of drug-likeness (QED) is 0.536. The highest BCUT2D eigenvalue weighted by atomic mass is 15.2. The molecule has 0 amide bonds. The summed E-state index contributed by atoms with van der Waals surface area (Å²) < 4.78 is 0. The van der Waals surface area contributed by atoms with E-state index in [0.717, 1.165) is 6.04 Å². The highest BCUT2D eigenvalue weighted by Gasteiger charge is 2.42. The van der Waals surface area contributed by atoms with Crippen molar-refractivity contribution in [1.82, 2.24) is 4.90 Å². The second-order valence-corrected chi connectivity index (χ2v) is 4.78. The molecule has 1 aliphatic heterocycles. The average molecular weight is 167 g/mol. The molecule has 1 heterocycles. The standard InChI is InChI=1S/C11H21N/c1-10-6-9-11(12(10)2)7-4-3-5-8-11/h10H,3-9H2,1-2H3. The molecule has 0 aromatic heterocycles. The van der Waals surface area contributed by atoms with E-state index in [1.54, 1.807) is 0 Å². The lowest BCUT2D eigenvalue weighted by atomic mass is 9.80. The van der Waals surface area contributed by atoms with Gasteiger partial charge in [0.2, 0.25) is 0 Å². The molecule has 1 aliphatic carbocycles. The first-order valence-electron chi connectivity index (χ1n) is 5.48. The lowest BCUT2D eigenvalue weighted by Crippen LogP contribution is -2.45. The first-order chi connectivity index (χ1) is 5.75. The summed E-state index contributed by atoms with van der Waals surface area (Å²) in [5.41, 5.74) is 0.637. The van der Waals surface area contributed by atoms with Gasteiger partial charge in [-0.3, -0.25) is 4.90 Å². The number of likely N-dealkylation sites (tertiary alicyclic amines) is 1. The van der Waals surface area contributed by atoms with Crippen molar-refractivity contribution in [2.45, 2.75) is 63.5 Å². The zero-order chi connectivity index (χ0) is 8.60. The Hall–Kier alpha value is -0.0400. The van der Waals surface area contributed by atoms with Gasteiger partial charge in [0.1, 0.15) is 0 Å². The smallest absolute Gasteiger partial charge is 0.0210 e. The van der Waals surface area contributed by atoms with Gasteiger partial charge in [0.05, 0.1) is 0 Å². The van der Waals surface area contributed by atoms with E-state index in [4.69, 9.17) is 0 Å². The molecule has 2 rings (SSSR count). The topological polar surface area (TPSA) is 3.24 Å². The summed E-state index contributed by atoms with van der Waals surface area (Å²) in [5, 5.41) is 0. The SMILES string of the molecule is CC1CCC2(CCCCC2)N1C. The lowest BCUT2D eigenvalue weighted by molar-refractivity contribution is 0.0961. The van der Waals surface area contributed by atoms with Crippen molar-refractivity contribution in [1.29, 1.82) is 0 Å². The summed E-state index contributed by atoms with van der Waals surface area (Å²) in [7, 11) is 2.34. The minimum absolute atomic E-state index is 0.637. The van der Waals surface area contributed by atoms with Crippen molar-refractivity contribution in [3.63, 3.8) is 0 Å². The maximum absolute atomic E-state index is 2.66. The van der Waals surface area contributed by atoms with Crippen LogP contribution in [0.2, 0.25) is 0 Å². The first-order valence-corrected chi connectivity index (χ1v) is 5.48. The number of hydrogen-bond acceptors (Lipinski definition) is 1. The number of nitrogens with zero attached hydrogens (tertiary/aromatic N) is 1. The van der Waals surface area contributed by atoms with Gasteiger partial charge in [-0.25, -0.2) is 0 Å². The van der Waals surface area contributed by atoms with Crippen LogP contribution in [0.5, 0.6) is 0 Å². The fraction of sp³-hybridized carbons (Fsp3) is 1.00. The van der Waals surface area contributed by atoms with Gasteiger partial charge in [-0.15, -0.1) is 0 Å². The van der Waals surface area contributed by atoms with Crippen LogP contribution in [0.15, 0.2) is 0 Å². The van der Waals surface area contributed by atoms with Crippen LogP contribution in [0.4, 0.5) is 0 Å². The molecule has 2 fully saturated rings. The predicted molar refractivity (Wildman–Crippen MR) is 52.3 cm³/mol. The Morgan fingerprint density at radius 3 is 2.25 bits per heavy atom. The monoisotopic (exact) mass is 167 g/mol. The molecule has 1 spiro atoms. The largest absolute Gasteiger partial charge is 0.298 e. The zero-order valence-corrected chi connectivity index (χ0v) is 8.47. The van der Waals surface area contributed by atoms with E-state index in [2.05, 4.69) is 18.9 Å². The molecule has 0 aromatic carbocycles. The first kappa shape index (κ1) is 8.55. The number of rotatable bonds is 0. The van der Waals surface area contributed by atoms with Crippen LogP contribution >= 0.6 is 0 Å². The van der Waals surface area contributed by atoms with Gasteiger partial charge in [-0.1, -0.05) is 19.3 Å². The Kier molecular flexibility index (Phi) is 2.16. The van der Waals surface area contributed by atoms with Gasteiger partial charge in [-0.2, -0.15) is 0 Å². The van der Waals surface area contributed by atoms with Gasteiger partial charge < -0.3 is 0 Å². The van der Waals surface area contributed by atoms with Gasteiger partial charge in [0, 0.05) is 11.6 Å². The van der Waals surface area contributed by atoms with Crippen LogP contribution in [0.25, 0.3) is 0 Å². The summed E-state index contributed by atoms with van der Waals surface area (Å²) >= 11 is 0. The van der Waals surface area contributed by atoms with E-state index >= 15 is 0 Å². The minimum atomic E-state index is 0.637. The predicted octanol–water partition coefficient (Wildman–Crippen LogP) is 2.80. The van der Waals surface area contributed by atoms with E-state index in [0.29, 0.717) is 5.54 Å². The molecule has 1 saturated carbocycles. The van der Waals surface area contributed by atoms with Gasteiger partial charge in [0.25, 0.3) is 0 Å². The molecular formula is C11H21N. The van der Waals surface area contributed by atoms with E-state index in [1.807, 2.05) is 0 Å². The minimum Gasteiger partial charge on any atom is -0.298 e. The molecule has 0 radical (unpaired) electrons. The zero-order valence-electron chi connectivity index (χ0n) is 8.47.